The van der Waals surface area contributed by atoms with Crippen molar-refractivity contribution in [2.24, 2.45) is 0 Å². The summed E-state index contributed by atoms with van der Waals surface area (Å²) >= 11 is 0. The van der Waals surface area contributed by atoms with Gasteiger partial charge in [-0.05, 0) is 0 Å². The number of hydrogen-bond donors (Lipinski definition) is 1. The largest absolute Gasteiger partial charge is 0.447 e. The topological polar surface area (TPSA) is 89.3 Å². The van der Waals surface area contributed by atoms with E-state index in [0.29, 0.717) is 4.83 Å². The first-order chi connectivity index (χ1) is 3.42. The quantitative estimate of drug-likeness (QED) is 0.305. The molecule has 48 valence electrons. The molecule has 0 saturated heterocycles. The summed E-state index contributed by atoms with van der Waals surface area (Å²) in [6.45, 7) is 0. The lowest BCUT2D eigenvalue weighted by molar-refractivity contribution is -0.519. The van der Waals surface area contributed by atoms with E-state index in [0.717, 1.165) is 0 Å². The second-order valence-electron chi connectivity index (χ2n) is 0.786. The van der Waals surface area contributed by atoms with Gasteiger partial charge in [0.15, 0.2) is 5.03 Å². The zero-order valence-corrected chi connectivity index (χ0v) is 4.18. The third kappa shape index (κ3) is 5.08. The third-order valence-electron chi connectivity index (χ3n) is 0.184. The molecule has 8 heteroatoms. The van der Waals surface area contributed by atoms with Crippen molar-refractivity contribution in [1.29, 1.82) is 0 Å². The van der Waals surface area contributed by atoms with Crippen LogP contribution in [-0.4, -0.2) is 13.5 Å². The van der Waals surface area contributed by atoms with Crippen molar-refractivity contribution in [3.8, 4) is 0 Å². The molecular weight excluding hydrogens is 143 g/mol. The summed E-state index contributed by atoms with van der Waals surface area (Å²) in [5.41, 5.74) is 0. The first-order valence-electron chi connectivity index (χ1n) is 1.28. The van der Waals surface area contributed by atoms with E-state index in [1.54, 1.807) is 0 Å². The SMILES string of the molecule is O=[N+]([O-])NS(=O)(=O)F. The van der Waals surface area contributed by atoms with Crippen LogP contribution in [0.15, 0.2) is 0 Å². The van der Waals surface area contributed by atoms with Crippen LogP contribution in [0.4, 0.5) is 3.89 Å². The Morgan fingerprint density at radius 3 is 2.00 bits per heavy atom. The fourth-order valence-electron chi connectivity index (χ4n) is 0.0890. The molecule has 1 N–H and O–H groups in total. The van der Waals surface area contributed by atoms with E-state index in [1.807, 2.05) is 0 Å². The minimum atomic E-state index is -5.17. The van der Waals surface area contributed by atoms with Gasteiger partial charge in [0.2, 0.25) is 0 Å². The van der Waals surface area contributed by atoms with Gasteiger partial charge in [-0.2, -0.15) is 8.42 Å². The van der Waals surface area contributed by atoms with Crippen LogP contribution in [0.2, 0.25) is 0 Å². The van der Waals surface area contributed by atoms with E-state index in [1.165, 1.54) is 0 Å². The zero-order chi connectivity index (χ0) is 6.78. The van der Waals surface area contributed by atoms with Crippen LogP contribution >= 0.6 is 0 Å². The minimum absolute atomic E-state index is 0.410. The maximum atomic E-state index is 11.1. The summed E-state index contributed by atoms with van der Waals surface area (Å²) in [5.74, 6) is 0. The molecule has 6 nitrogen and oxygen atoms in total. The highest BCUT2D eigenvalue weighted by Crippen LogP contribution is 1.79. The zero-order valence-electron chi connectivity index (χ0n) is 3.37. The average molecular weight is 144 g/mol. The van der Waals surface area contributed by atoms with E-state index in [9.17, 15) is 12.3 Å². The van der Waals surface area contributed by atoms with Crippen LogP contribution < -0.4 is 4.83 Å². The van der Waals surface area contributed by atoms with E-state index in [-0.39, 0.29) is 0 Å². The maximum Gasteiger partial charge on any atom is 0.447 e. The second kappa shape index (κ2) is 1.90. The van der Waals surface area contributed by atoms with Gasteiger partial charge in [0.05, 0.1) is 0 Å². The molecule has 0 atom stereocenters. The van der Waals surface area contributed by atoms with E-state index < -0.39 is 15.4 Å². The first-order valence-corrected chi connectivity index (χ1v) is 2.66. The molecule has 0 aromatic rings. The summed E-state index contributed by atoms with van der Waals surface area (Å²) < 4.78 is 29.5. The van der Waals surface area contributed by atoms with Crippen molar-refractivity contribution in [1.82, 2.24) is 4.83 Å². The predicted molar refractivity (Wildman–Crippen MR) is 20.2 cm³/mol. The van der Waals surface area contributed by atoms with Gasteiger partial charge in [-0.1, -0.05) is 3.89 Å². The van der Waals surface area contributed by atoms with Crippen LogP contribution in [0.1, 0.15) is 0 Å². The molecule has 0 aliphatic rings. The molecule has 0 aromatic heterocycles. The number of rotatable bonds is 2. The number of hydrogen-bond acceptors (Lipinski definition) is 4. The van der Waals surface area contributed by atoms with Gasteiger partial charge in [-0.3, -0.25) is 0 Å². The van der Waals surface area contributed by atoms with E-state index in [4.69, 9.17) is 10.1 Å². The van der Waals surface area contributed by atoms with Gasteiger partial charge in [0.25, 0.3) is 0 Å². The van der Waals surface area contributed by atoms with Crippen molar-refractivity contribution in [2.75, 3.05) is 0 Å². The Morgan fingerprint density at radius 2 is 2.00 bits per heavy atom. The van der Waals surface area contributed by atoms with Crippen molar-refractivity contribution in [3.63, 3.8) is 0 Å². The lowest BCUT2D eigenvalue weighted by atomic mass is 12.7. The third-order valence-corrected chi connectivity index (χ3v) is 0.551. The molecule has 0 bridgehead atoms. The van der Waals surface area contributed by atoms with Gasteiger partial charge >= 0.3 is 10.4 Å². The molecule has 0 radical (unpaired) electrons. The van der Waals surface area contributed by atoms with Crippen LogP contribution in [-0.2, 0) is 10.4 Å². The normalized spacial score (nSPS) is 10.6. The molecule has 0 aliphatic heterocycles. The van der Waals surface area contributed by atoms with Crippen LogP contribution in [0, 0.1) is 10.1 Å². The molecule has 0 aromatic carbocycles. The van der Waals surface area contributed by atoms with Gasteiger partial charge in [-0.25, -0.2) is 10.1 Å². The Balaban J connectivity index is 3.95. The molecule has 0 rings (SSSR count). The summed E-state index contributed by atoms with van der Waals surface area (Å²) in [7, 11) is -5.17. The number of hydrazine groups is 1. The molecule has 0 unspecified atom stereocenters. The van der Waals surface area contributed by atoms with E-state index in [2.05, 4.69) is 0 Å². The smallest absolute Gasteiger partial charge is 0.234 e. The summed E-state index contributed by atoms with van der Waals surface area (Å²) in [6.07, 6.45) is 0. The van der Waals surface area contributed by atoms with Gasteiger partial charge < -0.3 is 0 Å². The molecule has 0 heterocycles. The number of nitrogens with one attached hydrogen (secondary N) is 1. The predicted octanol–water partition coefficient (Wildman–Crippen LogP) is -1.02. The van der Waals surface area contributed by atoms with Crippen molar-refractivity contribution >= 4 is 10.4 Å². The molecule has 0 spiro atoms. The fraction of sp³-hybridized carbons (Fsp3) is 0. The number of nitrogens with zero attached hydrogens (tertiary/aromatic N) is 1. The molecule has 8 heavy (non-hydrogen) atoms. The van der Waals surface area contributed by atoms with Gasteiger partial charge in [-0.15, -0.1) is 0 Å². The molecule has 0 saturated carbocycles. The Kier molecular flexibility index (Phi) is 1.68. The van der Waals surface area contributed by atoms with Crippen molar-refractivity contribution in [3.05, 3.63) is 10.1 Å². The Bertz CT molecular complexity index is 180. The Hall–Kier alpha value is -0.920. The highest BCUT2D eigenvalue weighted by Gasteiger charge is 2.10. The van der Waals surface area contributed by atoms with Crippen LogP contribution in [0.25, 0.3) is 0 Å². The highest BCUT2D eigenvalue weighted by atomic mass is 32.3. The molecule has 0 aliphatic carbocycles. The number of nitro groups is 1. The van der Waals surface area contributed by atoms with E-state index >= 15 is 0 Å². The monoisotopic (exact) mass is 144 g/mol. The first kappa shape index (κ1) is 7.08. The second-order valence-corrected chi connectivity index (χ2v) is 1.84. The molecule has 0 fully saturated rings. The lowest BCUT2D eigenvalue weighted by Gasteiger charge is -1.83. The van der Waals surface area contributed by atoms with Gasteiger partial charge in [0, 0.05) is 4.83 Å². The van der Waals surface area contributed by atoms with Gasteiger partial charge in [0.1, 0.15) is 0 Å². The highest BCUT2D eigenvalue weighted by molar-refractivity contribution is 7.84. The summed E-state index contributed by atoms with van der Waals surface area (Å²) in [4.78, 5) is 9.50. The Labute approximate surface area is 43.8 Å². The van der Waals surface area contributed by atoms with Crippen LogP contribution in [0.5, 0.6) is 0 Å². The summed E-state index contributed by atoms with van der Waals surface area (Å²) in [6, 6.07) is 0. The lowest BCUT2D eigenvalue weighted by Crippen LogP contribution is -2.25. The minimum Gasteiger partial charge on any atom is -0.234 e. The fourth-order valence-corrected chi connectivity index (χ4v) is 0.267. The van der Waals surface area contributed by atoms with Crippen LogP contribution in [0.3, 0.4) is 0 Å². The Morgan fingerprint density at radius 1 is 1.62 bits per heavy atom. The average Bonchev–Trinajstić information content (AvgIpc) is 1.21. The summed E-state index contributed by atoms with van der Waals surface area (Å²) in [5, 5.41) is 7.59. The standard InChI is InChI=1S/FHN2O4S/c1-8(6,7)2-3(4)5/h2H. The maximum absolute atomic E-state index is 11.1. The van der Waals surface area contributed by atoms with Crippen molar-refractivity contribution in [2.45, 2.75) is 0 Å². The molecular formula is HFN2O4S. The van der Waals surface area contributed by atoms with Crippen molar-refractivity contribution < 1.29 is 17.3 Å². The number of halogens is 1. The molecule has 0 amide bonds.